The van der Waals surface area contributed by atoms with E-state index in [9.17, 15) is 9.59 Å². The molecule has 0 unspecified atom stereocenters. The lowest BCUT2D eigenvalue weighted by Gasteiger charge is -2.16. The molecule has 1 aliphatic rings. The number of ether oxygens (including phenoxy) is 2. The Morgan fingerprint density at radius 1 is 1.57 bits per heavy atom. The van der Waals surface area contributed by atoms with E-state index in [2.05, 4.69) is 4.74 Å². The summed E-state index contributed by atoms with van der Waals surface area (Å²) in [5.74, 6) is -0.476. The van der Waals surface area contributed by atoms with Crippen LogP contribution in [0.25, 0.3) is 0 Å². The van der Waals surface area contributed by atoms with Gasteiger partial charge < -0.3 is 9.47 Å². The van der Waals surface area contributed by atoms with Crippen LogP contribution < -0.4 is 0 Å². The maximum Gasteiger partial charge on any atom is 0.414 e. The van der Waals surface area contributed by atoms with Crippen molar-refractivity contribution in [1.82, 2.24) is 4.90 Å². The highest BCUT2D eigenvalue weighted by molar-refractivity contribution is 5.92. The third-order valence-electron chi connectivity index (χ3n) is 1.86. The van der Waals surface area contributed by atoms with Crippen LogP contribution in [0.3, 0.4) is 0 Å². The van der Waals surface area contributed by atoms with Gasteiger partial charge in [0.2, 0.25) is 0 Å². The molecular formula is C9H13NO4. The average molecular weight is 199 g/mol. The maximum atomic E-state index is 11.3. The number of amides is 1. The maximum absolute atomic E-state index is 11.3. The zero-order chi connectivity index (χ0) is 10.6. The number of carbonyl (C=O) groups excluding carboxylic acids is 2. The van der Waals surface area contributed by atoms with E-state index in [1.807, 2.05) is 0 Å². The molecular weight excluding hydrogens is 186 g/mol. The molecule has 1 aliphatic heterocycles. The minimum atomic E-state index is -0.526. The minimum Gasteiger partial charge on any atom is -0.461 e. The fourth-order valence-corrected chi connectivity index (χ4v) is 1.26. The van der Waals surface area contributed by atoms with Crippen molar-refractivity contribution in [3.8, 4) is 0 Å². The first kappa shape index (κ1) is 10.6. The number of nitrogens with zero attached hydrogens (tertiary/aromatic N) is 1. The van der Waals surface area contributed by atoms with E-state index in [4.69, 9.17) is 4.74 Å². The standard InChI is InChI=1S/C9H13NO4/c1-3-14-8(11)7-5-4-6-10(7)9(12)13-2/h5H,3-4,6H2,1-2H3. The van der Waals surface area contributed by atoms with Gasteiger partial charge in [-0.1, -0.05) is 6.08 Å². The molecule has 5 nitrogen and oxygen atoms in total. The van der Waals surface area contributed by atoms with Crippen LogP contribution in [0.2, 0.25) is 0 Å². The Hall–Kier alpha value is -1.52. The van der Waals surface area contributed by atoms with Gasteiger partial charge in [0, 0.05) is 6.54 Å². The molecule has 1 amide bonds. The number of carbonyl (C=O) groups is 2. The van der Waals surface area contributed by atoms with Crippen LogP contribution in [-0.4, -0.2) is 37.2 Å². The highest BCUT2D eigenvalue weighted by Crippen LogP contribution is 2.17. The molecule has 0 fully saturated rings. The molecule has 0 aromatic heterocycles. The predicted molar refractivity (Wildman–Crippen MR) is 48.4 cm³/mol. The van der Waals surface area contributed by atoms with Gasteiger partial charge >= 0.3 is 12.1 Å². The number of hydrogen-bond acceptors (Lipinski definition) is 4. The topological polar surface area (TPSA) is 55.8 Å². The quantitative estimate of drug-likeness (QED) is 0.620. The Morgan fingerprint density at radius 2 is 2.29 bits per heavy atom. The van der Waals surface area contributed by atoms with E-state index in [1.54, 1.807) is 13.0 Å². The van der Waals surface area contributed by atoms with E-state index in [1.165, 1.54) is 12.0 Å². The van der Waals surface area contributed by atoms with Gasteiger partial charge in [-0.15, -0.1) is 0 Å². The van der Waals surface area contributed by atoms with Crippen LogP contribution in [0.1, 0.15) is 13.3 Å². The number of hydrogen-bond donors (Lipinski definition) is 0. The summed E-state index contributed by atoms with van der Waals surface area (Å²) in [6.45, 7) is 2.49. The molecule has 1 rings (SSSR count). The summed E-state index contributed by atoms with van der Waals surface area (Å²) < 4.78 is 9.33. The Balaban J connectivity index is 2.68. The Bertz CT molecular complexity index is 272. The summed E-state index contributed by atoms with van der Waals surface area (Å²) in [5, 5.41) is 0. The van der Waals surface area contributed by atoms with Crippen molar-refractivity contribution in [2.24, 2.45) is 0 Å². The van der Waals surface area contributed by atoms with Gasteiger partial charge in [0.1, 0.15) is 5.70 Å². The van der Waals surface area contributed by atoms with Gasteiger partial charge in [-0.25, -0.2) is 9.59 Å². The number of methoxy groups -OCH3 is 1. The fourth-order valence-electron chi connectivity index (χ4n) is 1.26. The Labute approximate surface area is 82.3 Å². The van der Waals surface area contributed by atoms with Crippen molar-refractivity contribution in [3.05, 3.63) is 11.8 Å². The normalized spacial score (nSPS) is 15.0. The second-order valence-corrected chi connectivity index (χ2v) is 2.72. The van der Waals surface area contributed by atoms with Crippen molar-refractivity contribution in [1.29, 1.82) is 0 Å². The van der Waals surface area contributed by atoms with E-state index >= 15 is 0 Å². The summed E-state index contributed by atoms with van der Waals surface area (Å²) in [7, 11) is 1.28. The summed E-state index contributed by atoms with van der Waals surface area (Å²) >= 11 is 0. The zero-order valence-corrected chi connectivity index (χ0v) is 8.28. The monoisotopic (exact) mass is 199 g/mol. The average Bonchev–Trinajstić information content (AvgIpc) is 2.65. The molecule has 0 aliphatic carbocycles. The van der Waals surface area contributed by atoms with E-state index in [-0.39, 0.29) is 5.70 Å². The molecule has 0 spiro atoms. The predicted octanol–water partition coefficient (Wildman–Crippen LogP) is 0.906. The molecule has 0 aromatic carbocycles. The second kappa shape index (κ2) is 4.64. The van der Waals surface area contributed by atoms with Crippen molar-refractivity contribution >= 4 is 12.1 Å². The molecule has 0 saturated heterocycles. The van der Waals surface area contributed by atoms with Crippen molar-refractivity contribution in [3.63, 3.8) is 0 Å². The molecule has 0 atom stereocenters. The first-order valence-corrected chi connectivity index (χ1v) is 4.43. The van der Waals surface area contributed by atoms with Gasteiger partial charge in [-0.3, -0.25) is 4.90 Å². The minimum absolute atomic E-state index is 0.277. The smallest absolute Gasteiger partial charge is 0.414 e. The summed E-state index contributed by atoms with van der Waals surface area (Å²) in [6.07, 6.45) is 1.81. The van der Waals surface area contributed by atoms with Crippen molar-refractivity contribution < 1.29 is 19.1 Å². The molecule has 0 radical (unpaired) electrons. The largest absolute Gasteiger partial charge is 0.461 e. The van der Waals surface area contributed by atoms with Gasteiger partial charge in [0.15, 0.2) is 0 Å². The van der Waals surface area contributed by atoms with Gasteiger partial charge in [-0.2, -0.15) is 0 Å². The van der Waals surface area contributed by atoms with Crippen LogP contribution in [-0.2, 0) is 14.3 Å². The van der Waals surface area contributed by atoms with E-state index in [0.29, 0.717) is 19.6 Å². The fraction of sp³-hybridized carbons (Fsp3) is 0.556. The van der Waals surface area contributed by atoms with E-state index in [0.717, 1.165) is 0 Å². The lowest BCUT2D eigenvalue weighted by Crippen LogP contribution is -2.31. The number of rotatable bonds is 2. The summed E-state index contributed by atoms with van der Waals surface area (Å²) in [4.78, 5) is 23.8. The summed E-state index contributed by atoms with van der Waals surface area (Å²) in [6, 6.07) is 0. The van der Waals surface area contributed by atoms with Crippen LogP contribution in [0, 0.1) is 0 Å². The highest BCUT2D eigenvalue weighted by atomic mass is 16.5. The van der Waals surface area contributed by atoms with Crippen LogP contribution >= 0.6 is 0 Å². The van der Waals surface area contributed by atoms with Gasteiger partial charge in [0.05, 0.1) is 13.7 Å². The summed E-state index contributed by atoms with van der Waals surface area (Å²) in [5.41, 5.74) is 0.277. The Kier molecular flexibility index (Phi) is 3.50. The third kappa shape index (κ3) is 2.04. The number of esters is 1. The first-order valence-electron chi connectivity index (χ1n) is 4.43. The lowest BCUT2D eigenvalue weighted by atomic mass is 10.4. The van der Waals surface area contributed by atoms with Gasteiger partial charge in [0.25, 0.3) is 0 Å². The lowest BCUT2D eigenvalue weighted by molar-refractivity contribution is -0.140. The van der Waals surface area contributed by atoms with Crippen LogP contribution in [0.15, 0.2) is 11.8 Å². The second-order valence-electron chi connectivity index (χ2n) is 2.72. The molecule has 0 aromatic rings. The van der Waals surface area contributed by atoms with Crippen LogP contribution in [0.5, 0.6) is 0 Å². The Morgan fingerprint density at radius 3 is 2.86 bits per heavy atom. The van der Waals surface area contributed by atoms with E-state index < -0.39 is 12.1 Å². The molecule has 0 saturated carbocycles. The van der Waals surface area contributed by atoms with Gasteiger partial charge in [-0.05, 0) is 13.3 Å². The SMILES string of the molecule is CCOC(=O)C1=CCCN1C(=O)OC. The molecule has 0 bridgehead atoms. The molecule has 78 valence electrons. The molecule has 5 heteroatoms. The molecule has 14 heavy (non-hydrogen) atoms. The third-order valence-corrected chi connectivity index (χ3v) is 1.86. The van der Waals surface area contributed by atoms with Crippen molar-refractivity contribution in [2.75, 3.05) is 20.3 Å². The zero-order valence-electron chi connectivity index (χ0n) is 8.28. The molecule has 1 heterocycles. The van der Waals surface area contributed by atoms with Crippen molar-refractivity contribution in [2.45, 2.75) is 13.3 Å². The first-order chi connectivity index (χ1) is 6.70. The van der Waals surface area contributed by atoms with Crippen LogP contribution in [0.4, 0.5) is 4.79 Å². The highest BCUT2D eigenvalue weighted by Gasteiger charge is 2.28. The molecule has 0 N–H and O–H groups in total.